The first-order valence-electron chi connectivity index (χ1n) is 12.2. The van der Waals surface area contributed by atoms with Crippen LogP contribution in [-0.2, 0) is 14.8 Å². The lowest BCUT2D eigenvalue weighted by Crippen LogP contribution is -2.66. The summed E-state index contributed by atoms with van der Waals surface area (Å²) in [5.74, 6) is 0.689. The van der Waals surface area contributed by atoms with Crippen LogP contribution in [0.3, 0.4) is 0 Å². The fourth-order valence-corrected chi connectivity index (χ4v) is 6.41. The van der Waals surface area contributed by atoms with Gasteiger partial charge in [-0.2, -0.15) is 0 Å². The van der Waals surface area contributed by atoms with Crippen molar-refractivity contribution in [2.45, 2.75) is 57.0 Å². The molecule has 0 radical (unpaired) electrons. The van der Waals surface area contributed by atoms with Crippen molar-refractivity contribution in [3.8, 4) is 0 Å². The van der Waals surface area contributed by atoms with Gasteiger partial charge in [0.25, 0.3) is 0 Å². The first kappa shape index (κ1) is 23.5. The van der Waals surface area contributed by atoms with Crippen LogP contribution in [0.15, 0.2) is 30.3 Å². The van der Waals surface area contributed by atoms with E-state index in [-0.39, 0.29) is 11.8 Å². The zero-order chi connectivity index (χ0) is 22.6. The lowest BCUT2D eigenvalue weighted by Gasteiger charge is -2.51. The summed E-state index contributed by atoms with van der Waals surface area (Å²) >= 11 is 0. The Balaban J connectivity index is 1.54. The molecule has 8 heteroatoms. The van der Waals surface area contributed by atoms with E-state index in [0.717, 1.165) is 37.7 Å². The van der Waals surface area contributed by atoms with E-state index in [1.54, 1.807) is 0 Å². The molecule has 2 aliphatic heterocycles. The van der Waals surface area contributed by atoms with Crippen LogP contribution in [0.2, 0.25) is 0 Å². The summed E-state index contributed by atoms with van der Waals surface area (Å²) in [7, 11) is -3.32. The quantitative estimate of drug-likeness (QED) is 0.679. The van der Waals surface area contributed by atoms with Crippen molar-refractivity contribution in [1.29, 1.82) is 0 Å². The number of anilines is 1. The second-order valence-corrected chi connectivity index (χ2v) is 11.8. The Hall–Kier alpha value is -1.64. The van der Waals surface area contributed by atoms with E-state index in [1.165, 1.54) is 51.2 Å². The highest BCUT2D eigenvalue weighted by atomic mass is 32.2. The summed E-state index contributed by atoms with van der Waals surface area (Å²) in [6, 6.07) is 10.0. The average Bonchev–Trinajstić information content (AvgIpc) is 3.07. The van der Waals surface area contributed by atoms with Crippen molar-refractivity contribution in [3.63, 3.8) is 0 Å². The third kappa shape index (κ3) is 5.64. The van der Waals surface area contributed by atoms with Gasteiger partial charge < -0.3 is 15.1 Å². The van der Waals surface area contributed by atoms with E-state index in [4.69, 9.17) is 0 Å². The molecule has 2 saturated heterocycles. The first-order chi connectivity index (χ1) is 15.4. The SMILES string of the molecule is CS(=O)(=O)NCC1CN(CC2CCCCCCC2)CCC12NC(=O)CN2c1ccccc1. The van der Waals surface area contributed by atoms with Crippen molar-refractivity contribution in [3.05, 3.63) is 30.3 Å². The number of rotatable bonds is 6. The van der Waals surface area contributed by atoms with E-state index in [0.29, 0.717) is 13.1 Å². The Labute approximate surface area is 193 Å². The van der Waals surface area contributed by atoms with E-state index < -0.39 is 15.7 Å². The maximum atomic E-state index is 12.6. The van der Waals surface area contributed by atoms with Crippen LogP contribution in [0.4, 0.5) is 5.69 Å². The smallest absolute Gasteiger partial charge is 0.241 e. The van der Waals surface area contributed by atoms with Crippen LogP contribution < -0.4 is 14.9 Å². The van der Waals surface area contributed by atoms with Gasteiger partial charge in [-0.05, 0) is 30.9 Å². The highest BCUT2D eigenvalue weighted by molar-refractivity contribution is 7.88. The second-order valence-electron chi connectivity index (χ2n) is 9.93. The maximum absolute atomic E-state index is 12.6. The van der Waals surface area contributed by atoms with Gasteiger partial charge in [-0.25, -0.2) is 13.1 Å². The zero-order valence-corrected chi connectivity index (χ0v) is 20.1. The molecule has 1 aromatic rings. The van der Waals surface area contributed by atoms with E-state index >= 15 is 0 Å². The van der Waals surface area contributed by atoms with Gasteiger partial charge in [-0.1, -0.05) is 50.3 Å². The number of carbonyl (C=O) groups excluding carboxylic acids is 1. The molecule has 2 atom stereocenters. The fourth-order valence-electron chi connectivity index (χ4n) is 5.91. The van der Waals surface area contributed by atoms with Gasteiger partial charge in [0.1, 0.15) is 5.66 Å². The number of piperidine rings is 1. The van der Waals surface area contributed by atoms with E-state index in [1.807, 2.05) is 30.3 Å². The predicted molar refractivity (Wildman–Crippen MR) is 128 cm³/mol. The second kappa shape index (κ2) is 10.1. The molecule has 0 aromatic heterocycles. The Morgan fingerprint density at radius 2 is 1.78 bits per heavy atom. The summed E-state index contributed by atoms with van der Waals surface area (Å²) in [6.45, 7) is 3.40. The molecule has 2 unspecified atom stereocenters. The highest BCUT2D eigenvalue weighted by Crippen LogP contribution is 2.38. The Morgan fingerprint density at radius 1 is 1.09 bits per heavy atom. The molecule has 178 valence electrons. The molecular formula is C24H38N4O3S. The van der Waals surface area contributed by atoms with Gasteiger partial charge in [0, 0.05) is 44.2 Å². The van der Waals surface area contributed by atoms with Gasteiger partial charge in [-0.15, -0.1) is 0 Å². The molecule has 1 amide bonds. The third-order valence-electron chi connectivity index (χ3n) is 7.50. The van der Waals surface area contributed by atoms with Crippen LogP contribution >= 0.6 is 0 Å². The van der Waals surface area contributed by atoms with E-state index in [2.05, 4.69) is 19.8 Å². The van der Waals surface area contributed by atoms with Crippen LogP contribution in [0.5, 0.6) is 0 Å². The summed E-state index contributed by atoms with van der Waals surface area (Å²) < 4.78 is 26.6. The van der Waals surface area contributed by atoms with Crippen molar-refractivity contribution in [2.75, 3.05) is 43.9 Å². The molecule has 1 spiro atoms. The van der Waals surface area contributed by atoms with Crippen LogP contribution in [0, 0.1) is 11.8 Å². The number of likely N-dealkylation sites (tertiary alicyclic amines) is 1. The van der Waals surface area contributed by atoms with Crippen molar-refractivity contribution in [1.82, 2.24) is 14.9 Å². The average molecular weight is 463 g/mol. The fraction of sp³-hybridized carbons (Fsp3) is 0.708. The number of carbonyl (C=O) groups is 1. The molecular weight excluding hydrogens is 424 g/mol. The minimum absolute atomic E-state index is 0.00618. The Morgan fingerprint density at radius 3 is 2.47 bits per heavy atom. The van der Waals surface area contributed by atoms with Crippen LogP contribution in [0.25, 0.3) is 0 Å². The Bertz CT molecular complexity index is 870. The lowest BCUT2D eigenvalue weighted by molar-refractivity contribution is -0.119. The van der Waals surface area contributed by atoms with Gasteiger partial charge in [0.15, 0.2) is 0 Å². The van der Waals surface area contributed by atoms with Crippen molar-refractivity contribution in [2.24, 2.45) is 11.8 Å². The molecule has 32 heavy (non-hydrogen) atoms. The number of benzene rings is 1. The molecule has 7 nitrogen and oxygen atoms in total. The van der Waals surface area contributed by atoms with E-state index in [9.17, 15) is 13.2 Å². The number of nitrogens with zero attached hydrogens (tertiary/aromatic N) is 2. The molecule has 2 heterocycles. The normalized spacial score (nSPS) is 28.5. The lowest BCUT2D eigenvalue weighted by atomic mass is 9.83. The number of amides is 1. The minimum atomic E-state index is -3.32. The van der Waals surface area contributed by atoms with Crippen molar-refractivity contribution < 1.29 is 13.2 Å². The first-order valence-corrected chi connectivity index (χ1v) is 14.1. The molecule has 4 rings (SSSR count). The molecule has 1 saturated carbocycles. The van der Waals surface area contributed by atoms with Gasteiger partial charge in [0.2, 0.25) is 15.9 Å². The number of hydrogen-bond donors (Lipinski definition) is 2. The third-order valence-corrected chi connectivity index (χ3v) is 8.19. The molecule has 1 aromatic carbocycles. The summed E-state index contributed by atoms with van der Waals surface area (Å²) in [5.41, 5.74) is 0.441. The zero-order valence-electron chi connectivity index (χ0n) is 19.3. The maximum Gasteiger partial charge on any atom is 0.241 e. The standard InChI is InChI=1S/C24H38N4O3S/c1-32(30,31)25-16-21-18-27(17-20-10-6-3-2-4-7-11-20)15-14-24(21)26-23(29)19-28(24)22-12-8-5-9-13-22/h5,8-9,12-13,20-21,25H,2-4,6-7,10-11,14-19H2,1H3,(H,26,29). The topological polar surface area (TPSA) is 81.8 Å². The molecule has 1 aliphatic carbocycles. The minimum Gasteiger partial charge on any atom is -0.339 e. The number of hydrogen-bond acceptors (Lipinski definition) is 5. The molecule has 3 fully saturated rings. The number of sulfonamides is 1. The van der Waals surface area contributed by atoms with Gasteiger partial charge in [0.05, 0.1) is 12.8 Å². The van der Waals surface area contributed by atoms with Gasteiger partial charge in [-0.3, -0.25) is 4.79 Å². The van der Waals surface area contributed by atoms with Crippen LogP contribution in [-0.4, -0.2) is 63.9 Å². The summed E-state index contributed by atoms with van der Waals surface area (Å²) in [5, 5.41) is 3.27. The van der Waals surface area contributed by atoms with Crippen LogP contribution in [0.1, 0.15) is 51.4 Å². The van der Waals surface area contributed by atoms with Gasteiger partial charge >= 0.3 is 0 Å². The number of para-hydroxylation sites is 1. The predicted octanol–water partition coefficient (Wildman–Crippen LogP) is 2.55. The monoisotopic (exact) mass is 462 g/mol. The number of nitrogens with one attached hydrogen (secondary N) is 2. The highest BCUT2D eigenvalue weighted by Gasteiger charge is 2.52. The summed E-state index contributed by atoms with van der Waals surface area (Å²) in [4.78, 5) is 17.3. The largest absolute Gasteiger partial charge is 0.339 e. The van der Waals surface area contributed by atoms with Crippen molar-refractivity contribution >= 4 is 21.6 Å². The Kier molecular flexibility index (Phi) is 7.42. The molecule has 3 aliphatic rings. The molecule has 2 N–H and O–H groups in total. The molecule has 0 bridgehead atoms. The summed E-state index contributed by atoms with van der Waals surface area (Å²) in [6.07, 6.45) is 11.3.